The van der Waals surface area contributed by atoms with E-state index in [-0.39, 0.29) is 11.8 Å². The summed E-state index contributed by atoms with van der Waals surface area (Å²) < 4.78 is 13.0. The first-order valence-electron chi connectivity index (χ1n) is 9.41. The normalized spacial score (nSPS) is 19.0. The third kappa shape index (κ3) is 3.29. The van der Waals surface area contributed by atoms with Crippen molar-refractivity contribution >= 4 is 5.91 Å². The molecule has 9 heteroatoms. The number of ether oxygens (including phenoxy) is 1. The fourth-order valence-electron chi connectivity index (χ4n) is 3.67. The van der Waals surface area contributed by atoms with Gasteiger partial charge >= 0.3 is 0 Å². The summed E-state index contributed by atoms with van der Waals surface area (Å²) in [7, 11) is 0. The average Bonchev–Trinajstić information content (AvgIpc) is 3.48. The molecule has 3 aromatic rings. The highest BCUT2D eigenvalue weighted by Crippen LogP contribution is 2.29. The van der Waals surface area contributed by atoms with Crippen molar-refractivity contribution in [3.8, 4) is 0 Å². The second-order valence-electron chi connectivity index (χ2n) is 7.16. The summed E-state index contributed by atoms with van der Waals surface area (Å²) in [6.07, 6.45) is 3.20. The van der Waals surface area contributed by atoms with Crippen molar-refractivity contribution < 1.29 is 13.9 Å². The Balaban J connectivity index is 1.27. The molecule has 1 saturated heterocycles. The summed E-state index contributed by atoms with van der Waals surface area (Å²) in [4.78, 5) is 19.4. The Bertz CT molecular complexity index is 960. The second kappa shape index (κ2) is 7.16. The number of carbonyl (C=O) groups excluding carboxylic acids is 1. The van der Waals surface area contributed by atoms with Gasteiger partial charge in [0.15, 0.2) is 5.89 Å². The van der Waals surface area contributed by atoms with Crippen LogP contribution < -0.4 is 0 Å². The number of hydrogen-bond acceptors (Lipinski definition) is 7. The molecule has 0 bridgehead atoms. The van der Waals surface area contributed by atoms with Gasteiger partial charge in [0.1, 0.15) is 17.8 Å². The largest absolute Gasteiger partial charge is 0.445 e. The van der Waals surface area contributed by atoms with Crippen LogP contribution in [0, 0.1) is 0 Å². The fourth-order valence-corrected chi connectivity index (χ4v) is 3.67. The van der Waals surface area contributed by atoms with Crippen LogP contribution in [0.5, 0.6) is 0 Å². The van der Waals surface area contributed by atoms with E-state index in [1.807, 2.05) is 29.2 Å². The lowest BCUT2D eigenvalue weighted by Gasteiger charge is -2.25. The van der Waals surface area contributed by atoms with Crippen LogP contribution in [0.4, 0.5) is 0 Å². The molecule has 0 aliphatic carbocycles. The Morgan fingerprint density at radius 2 is 2.14 bits per heavy atom. The number of benzene rings is 1. The molecular weight excluding hydrogens is 360 g/mol. The Labute approximate surface area is 161 Å². The summed E-state index contributed by atoms with van der Waals surface area (Å²) in [5, 5.41) is 11.1. The van der Waals surface area contributed by atoms with Gasteiger partial charge in [0.25, 0.3) is 5.91 Å². The molecular formula is C19H20N6O3. The highest BCUT2D eigenvalue weighted by molar-refractivity contribution is 5.94. The lowest BCUT2D eigenvalue weighted by molar-refractivity contribution is 0.0728. The van der Waals surface area contributed by atoms with E-state index in [1.165, 1.54) is 0 Å². The minimum atomic E-state index is 0.00775. The van der Waals surface area contributed by atoms with E-state index in [1.54, 1.807) is 11.0 Å². The van der Waals surface area contributed by atoms with E-state index in [2.05, 4.69) is 20.5 Å². The van der Waals surface area contributed by atoms with Gasteiger partial charge < -0.3 is 14.1 Å². The van der Waals surface area contributed by atoms with Crippen LogP contribution >= 0.6 is 0 Å². The van der Waals surface area contributed by atoms with Crippen LogP contribution in [0.2, 0.25) is 0 Å². The van der Waals surface area contributed by atoms with Crippen LogP contribution in [0.3, 0.4) is 0 Å². The highest BCUT2D eigenvalue weighted by atomic mass is 16.5. The number of rotatable bonds is 4. The van der Waals surface area contributed by atoms with Gasteiger partial charge in [0.05, 0.1) is 25.6 Å². The molecule has 28 heavy (non-hydrogen) atoms. The summed E-state index contributed by atoms with van der Waals surface area (Å²) in [5.74, 6) is 1.90. The zero-order valence-electron chi connectivity index (χ0n) is 15.3. The number of aromatic nitrogens is 5. The van der Waals surface area contributed by atoms with Crippen LogP contribution in [-0.2, 0) is 24.2 Å². The molecule has 0 radical (unpaired) electrons. The Morgan fingerprint density at radius 1 is 1.25 bits per heavy atom. The Hall–Kier alpha value is -3.07. The highest BCUT2D eigenvalue weighted by Gasteiger charge is 2.29. The van der Waals surface area contributed by atoms with Gasteiger partial charge in [0, 0.05) is 25.1 Å². The van der Waals surface area contributed by atoms with Crippen molar-refractivity contribution in [2.45, 2.75) is 31.8 Å². The monoisotopic (exact) mass is 380 g/mol. The molecule has 4 heterocycles. The Kier molecular flexibility index (Phi) is 4.36. The molecule has 1 unspecified atom stereocenters. The molecule has 9 nitrogen and oxygen atoms in total. The minimum absolute atomic E-state index is 0.00775. The zero-order chi connectivity index (χ0) is 18.9. The lowest BCUT2D eigenvalue weighted by atomic mass is 10.1. The summed E-state index contributed by atoms with van der Waals surface area (Å²) in [5.41, 5.74) is 2.57. The second-order valence-corrected chi connectivity index (χ2v) is 7.16. The molecule has 2 aliphatic heterocycles. The van der Waals surface area contributed by atoms with Crippen molar-refractivity contribution in [2.75, 3.05) is 19.8 Å². The maximum Gasteiger partial charge on any atom is 0.254 e. The molecule has 2 aromatic heterocycles. The van der Waals surface area contributed by atoms with Crippen molar-refractivity contribution in [1.82, 2.24) is 30.1 Å². The van der Waals surface area contributed by atoms with E-state index in [0.29, 0.717) is 38.2 Å². The molecule has 0 spiro atoms. The first-order chi connectivity index (χ1) is 13.8. The van der Waals surface area contributed by atoms with Gasteiger partial charge in [-0.15, -0.1) is 5.10 Å². The maximum atomic E-state index is 12.9. The van der Waals surface area contributed by atoms with Crippen LogP contribution in [0.1, 0.15) is 45.6 Å². The number of amides is 1. The molecule has 1 atom stereocenters. The van der Waals surface area contributed by atoms with Crippen molar-refractivity contribution in [3.05, 3.63) is 59.1 Å². The van der Waals surface area contributed by atoms with E-state index < -0.39 is 0 Å². The number of fused-ring (bicyclic) bond motifs is 1. The topological polar surface area (TPSA) is 99.2 Å². The number of nitrogens with zero attached hydrogens (tertiary/aromatic N) is 6. The Morgan fingerprint density at radius 3 is 2.89 bits per heavy atom. The first-order valence-corrected chi connectivity index (χ1v) is 9.41. The van der Waals surface area contributed by atoms with Crippen molar-refractivity contribution in [3.63, 3.8) is 0 Å². The lowest BCUT2D eigenvalue weighted by Crippen LogP contribution is -2.35. The number of hydrogen-bond donors (Lipinski definition) is 0. The number of tetrazole rings is 1. The zero-order valence-corrected chi connectivity index (χ0v) is 15.3. The summed E-state index contributed by atoms with van der Waals surface area (Å²) >= 11 is 0. The average molecular weight is 380 g/mol. The molecule has 0 saturated carbocycles. The van der Waals surface area contributed by atoms with Crippen LogP contribution in [-0.4, -0.2) is 55.8 Å². The first kappa shape index (κ1) is 17.1. The van der Waals surface area contributed by atoms with Gasteiger partial charge in [-0.3, -0.25) is 4.79 Å². The van der Waals surface area contributed by atoms with E-state index in [4.69, 9.17) is 9.15 Å². The van der Waals surface area contributed by atoms with Crippen LogP contribution in [0.15, 0.2) is 35.0 Å². The van der Waals surface area contributed by atoms with Gasteiger partial charge in [-0.1, -0.05) is 12.1 Å². The predicted molar refractivity (Wildman–Crippen MR) is 96.5 cm³/mol. The van der Waals surface area contributed by atoms with Crippen molar-refractivity contribution in [2.24, 2.45) is 0 Å². The molecule has 144 valence electrons. The van der Waals surface area contributed by atoms with E-state index in [0.717, 1.165) is 35.9 Å². The molecule has 1 fully saturated rings. The number of oxazole rings is 1. The molecule has 2 aliphatic rings. The third-order valence-corrected chi connectivity index (χ3v) is 5.25. The molecule has 1 aromatic carbocycles. The van der Waals surface area contributed by atoms with Gasteiger partial charge in [-0.25, -0.2) is 9.67 Å². The van der Waals surface area contributed by atoms with Crippen molar-refractivity contribution in [1.29, 1.82) is 0 Å². The molecule has 5 rings (SSSR count). The number of carbonyl (C=O) groups is 1. The predicted octanol–water partition coefficient (Wildman–Crippen LogP) is 1.41. The van der Waals surface area contributed by atoms with Gasteiger partial charge in [-0.05, 0) is 34.5 Å². The molecule has 0 N–H and O–H groups in total. The molecule has 1 amide bonds. The third-order valence-electron chi connectivity index (χ3n) is 5.25. The van der Waals surface area contributed by atoms with Crippen LogP contribution in [0.25, 0.3) is 0 Å². The summed E-state index contributed by atoms with van der Waals surface area (Å²) in [6, 6.07) is 7.56. The van der Waals surface area contributed by atoms with Gasteiger partial charge in [0.2, 0.25) is 0 Å². The fraction of sp³-hybridized carbons (Fsp3) is 0.421. The van der Waals surface area contributed by atoms with Gasteiger partial charge in [-0.2, -0.15) is 0 Å². The maximum absolute atomic E-state index is 12.9. The SMILES string of the molecule is O=C(c1ccc(Cn2cnnn2)cc1)N1CCc2oc(C3CCOC3)nc2C1. The van der Waals surface area contributed by atoms with E-state index in [9.17, 15) is 4.79 Å². The standard InChI is InChI=1S/C19H20N6O3/c26-19(14-3-1-13(2-4-14)9-25-12-20-22-23-25)24-7-5-17-16(10-24)21-18(28-17)15-6-8-27-11-15/h1-4,12,15H,5-11H2. The minimum Gasteiger partial charge on any atom is -0.445 e. The quantitative estimate of drug-likeness (QED) is 0.675. The smallest absolute Gasteiger partial charge is 0.254 e. The summed E-state index contributed by atoms with van der Waals surface area (Å²) in [6.45, 7) is 3.11. The van der Waals surface area contributed by atoms with E-state index >= 15 is 0 Å².